The molecule has 1 aliphatic heterocycles. The molecule has 5 atom stereocenters. The monoisotopic (exact) mass is 486 g/mol. The van der Waals surface area contributed by atoms with Crippen molar-refractivity contribution in [2.45, 2.75) is 80.2 Å². The second-order valence-corrected chi connectivity index (χ2v) is 10.00. The maximum Gasteiger partial charge on any atom is 0.262 e. The van der Waals surface area contributed by atoms with Gasteiger partial charge in [-0.15, -0.1) is 0 Å². The summed E-state index contributed by atoms with van der Waals surface area (Å²) in [6.45, 7) is -0.491. The Morgan fingerprint density at radius 3 is 2.48 bits per heavy atom. The highest BCUT2D eigenvalue weighted by Crippen LogP contribution is 2.25. The lowest BCUT2D eigenvalue weighted by Crippen LogP contribution is -2.60. The number of aliphatic hydroxyl groups excluding tert-OH is 3. The van der Waals surface area contributed by atoms with Crippen molar-refractivity contribution in [2.24, 2.45) is 4.99 Å². The van der Waals surface area contributed by atoms with Crippen LogP contribution in [0.5, 0.6) is 0 Å². The predicted octanol–water partition coefficient (Wildman–Crippen LogP) is 0.557. The van der Waals surface area contributed by atoms with Crippen molar-refractivity contribution in [1.82, 2.24) is 4.72 Å². The van der Waals surface area contributed by atoms with E-state index in [4.69, 9.17) is 14.2 Å². The van der Waals surface area contributed by atoms with Crippen LogP contribution >= 0.6 is 0 Å². The van der Waals surface area contributed by atoms with Gasteiger partial charge >= 0.3 is 0 Å². The van der Waals surface area contributed by atoms with Gasteiger partial charge in [-0.05, 0) is 25.0 Å². The van der Waals surface area contributed by atoms with Gasteiger partial charge in [0.15, 0.2) is 6.29 Å². The number of rotatable bonds is 9. The van der Waals surface area contributed by atoms with Crippen LogP contribution < -0.4 is 4.72 Å². The van der Waals surface area contributed by atoms with Crippen molar-refractivity contribution in [2.75, 3.05) is 20.3 Å². The molecule has 1 saturated heterocycles. The first-order chi connectivity index (χ1) is 15.9. The van der Waals surface area contributed by atoms with Crippen LogP contribution in [0.1, 0.15) is 38.5 Å². The summed E-state index contributed by atoms with van der Waals surface area (Å²) in [5.41, 5.74) is 0. The Morgan fingerprint density at radius 1 is 1.15 bits per heavy atom. The fourth-order valence-electron chi connectivity index (χ4n) is 4.12. The highest BCUT2D eigenvalue weighted by molar-refractivity contribution is 7.90. The lowest BCUT2D eigenvalue weighted by atomic mass is 9.96. The van der Waals surface area contributed by atoms with Gasteiger partial charge in [-0.1, -0.05) is 37.5 Å². The smallest absolute Gasteiger partial charge is 0.262 e. The maximum absolute atomic E-state index is 12.8. The molecular formula is C22H34N2O8S. The minimum absolute atomic E-state index is 0.0176. The van der Waals surface area contributed by atoms with Crippen LogP contribution in [0, 0.1) is 0 Å². The van der Waals surface area contributed by atoms with Crippen LogP contribution in [-0.4, -0.2) is 86.6 Å². The SMILES string of the molecule is CO[C@@H]1O[C@H](CO)[C@H](O)[C@H](OCCC(=NC2CCCCC2)NS(=O)(=O)c2ccccc2)[C@H]1O. The number of ether oxygens (including phenoxy) is 3. The van der Waals surface area contributed by atoms with Gasteiger partial charge in [0.25, 0.3) is 10.0 Å². The molecule has 1 heterocycles. The molecule has 33 heavy (non-hydrogen) atoms. The fourth-order valence-corrected chi connectivity index (χ4v) is 5.22. The lowest BCUT2D eigenvalue weighted by Gasteiger charge is -2.41. The molecular weight excluding hydrogens is 452 g/mol. The van der Waals surface area contributed by atoms with E-state index in [1.54, 1.807) is 18.2 Å². The first kappa shape index (κ1) is 26.0. The molecule has 1 aromatic rings. The topological polar surface area (TPSA) is 147 Å². The molecule has 3 rings (SSSR count). The average Bonchev–Trinajstić information content (AvgIpc) is 2.82. The molecule has 4 N–H and O–H groups in total. The second-order valence-electron chi connectivity index (χ2n) is 8.31. The quantitative estimate of drug-likeness (QED) is 0.292. The summed E-state index contributed by atoms with van der Waals surface area (Å²) in [5, 5.41) is 30.3. The Kier molecular flexibility index (Phi) is 9.62. The Balaban J connectivity index is 1.70. The highest BCUT2D eigenvalue weighted by Gasteiger charge is 2.45. The van der Waals surface area contributed by atoms with E-state index >= 15 is 0 Å². The summed E-state index contributed by atoms with van der Waals surface area (Å²) in [6, 6.07) is 8.07. The van der Waals surface area contributed by atoms with E-state index in [0.29, 0.717) is 0 Å². The summed E-state index contributed by atoms with van der Waals surface area (Å²) in [5.74, 6) is 0.267. The molecule has 2 aliphatic rings. The van der Waals surface area contributed by atoms with Gasteiger partial charge in [0, 0.05) is 13.5 Å². The number of nitrogens with zero attached hydrogens (tertiary/aromatic N) is 1. The Hall–Kier alpha value is -1.60. The zero-order chi connectivity index (χ0) is 23.8. The standard InChI is InChI=1S/C22H34N2O8S/c1-30-22-20(27)21(19(26)17(14-25)32-22)31-13-12-18(23-15-8-4-2-5-9-15)24-33(28,29)16-10-6-3-7-11-16/h3,6-7,10-11,15,17,19-22,25-27H,2,4-5,8-9,12-14H2,1H3,(H,23,24)/t17-,19+,20-,21+,22-/m1/s1. The fraction of sp³-hybridized carbons (Fsp3) is 0.682. The van der Waals surface area contributed by atoms with E-state index in [1.165, 1.54) is 19.2 Å². The number of hydrogen-bond acceptors (Lipinski definition) is 9. The largest absolute Gasteiger partial charge is 0.394 e. The van der Waals surface area contributed by atoms with E-state index < -0.39 is 47.3 Å². The molecule has 1 aromatic carbocycles. The minimum atomic E-state index is -3.82. The molecule has 0 amide bonds. The molecule has 1 aliphatic carbocycles. The second kappa shape index (κ2) is 12.2. The van der Waals surface area contributed by atoms with Gasteiger partial charge in [-0.3, -0.25) is 9.71 Å². The van der Waals surface area contributed by atoms with Gasteiger partial charge < -0.3 is 29.5 Å². The molecule has 0 radical (unpaired) electrons. The number of hydrogen-bond donors (Lipinski definition) is 4. The van der Waals surface area contributed by atoms with Crippen molar-refractivity contribution in [3.8, 4) is 0 Å². The summed E-state index contributed by atoms with van der Waals surface area (Å²) < 4.78 is 44.4. The molecule has 10 nitrogen and oxygen atoms in total. The van der Waals surface area contributed by atoms with Crippen molar-refractivity contribution in [3.05, 3.63) is 30.3 Å². The van der Waals surface area contributed by atoms with Gasteiger partial charge in [0.2, 0.25) is 0 Å². The van der Waals surface area contributed by atoms with E-state index in [-0.39, 0.29) is 29.8 Å². The van der Waals surface area contributed by atoms with E-state index in [1.807, 2.05) is 0 Å². The third kappa shape index (κ3) is 6.95. The summed E-state index contributed by atoms with van der Waals surface area (Å²) in [4.78, 5) is 4.79. The van der Waals surface area contributed by atoms with Crippen LogP contribution in [0.15, 0.2) is 40.2 Å². The van der Waals surface area contributed by atoms with E-state index in [2.05, 4.69) is 9.71 Å². The molecule has 2 fully saturated rings. The number of sulfonamides is 1. The van der Waals surface area contributed by atoms with Crippen LogP contribution in [0.2, 0.25) is 0 Å². The number of aliphatic imine (C=N–C) groups is 1. The third-order valence-corrected chi connectivity index (χ3v) is 7.32. The Bertz CT molecular complexity index is 844. The number of benzene rings is 1. The van der Waals surface area contributed by atoms with Crippen molar-refractivity contribution in [1.29, 1.82) is 0 Å². The zero-order valence-electron chi connectivity index (χ0n) is 18.7. The predicted molar refractivity (Wildman–Crippen MR) is 120 cm³/mol. The molecule has 11 heteroatoms. The van der Waals surface area contributed by atoms with Crippen LogP contribution in [0.4, 0.5) is 0 Å². The Morgan fingerprint density at radius 2 is 1.85 bits per heavy atom. The maximum atomic E-state index is 12.8. The highest BCUT2D eigenvalue weighted by atomic mass is 32.2. The van der Waals surface area contributed by atoms with Gasteiger partial charge in [0.05, 0.1) is 24.2 Å². The van der Waals surface area contributed by atoms with Crippen molar-refractivity contribution in [3.63, 3.8) is 0 Å². The number of nitrogens with one attached hydrogen (secondary N) is 1. The normalized spacial score (nSPS) is 29.7. The van der Waals surface area contributed by atoms with Crippen LogP contribution in [-0.2, 0) is 24.2 Å². The van der Waals surface area contributed by atoms with Gasteiger partial charge in [-0.2, -0.15) is 0 Å². The number of amidine groups is 1. The molecule has 186 valence electrons. The van der Waals surface area contributed by atoms with Crippen LogP contribution in [0.25, 0.3) is 0 Å². The molecule has 1 saturated carbocycles. The molecule has 0 unspecified atom stereocenters. The molecule has 0 spiro atoms. The molecule has 0 bridgehead atoms. The average molecular weight is 487 g/mol. The van der Waals surface area contributed by atoms with Crippen LogP contribution in [0.3, 0.4) is 0 Å². The number of aliphatic hydroxyl groups is 3. The summed E-state index contributed by atoms with van der Waals surface area (Å²) >= 11 is 0. The first-order valence-corrected chi connectivity index (χ1v) is 12.8. The minimum Gasteiger partial charge on any atom is -0.394 e. The first-order valence-electron chi connectivity index (χ1n) is 11.3. The number of methoxy groups -OCH3 is 1. The third-order valence-electron chi connectivity index (χ3n) is 5.92. The van der Waals surface area contributed by atoms with Crippen molar-refractivity contribution >= 4 is 15.9 Å². The van der Waals surface area contributed by atoms with Gasteiger partial charge in [-0.25, -0.2) is 8.42 Å². The van der Waals surface area contributed by atoms with E-state index in [9.17, 15) is 23.7 Å². The van der Waals surface area contributed by atoms with E-state index in [0.717, 1.165) is 32.1 Å². The zero-order valence-corrected chi connectivity index (χ0v) is 19.6. The van der Waals surface area contributed by atoms with Gasteiger partial charge in [0.1, 0.15) is 30.3 Å². The molecule has 0 aromatic heterocycles. The summed E-state index contributed by atoms with van der Waals surface area (Å²) in [6.07, 6.45) is -0.544. The Labute approximate surface area is 194 Å². The van der Waals surface area contributed by atoms with Crippen molar-refractivity contribution < 1.29 is 37.9 Å². The summed E-state index contributed by atoms with van der Waals surface area (Å²) in [7, 11) is -2.48. The lowest BCUT2D eigenvalue weighted by molar-refractivity contribution is -0.301.